The number of benzene rings is 3. The van der Waals surface area contributed by atoms with E-state index in [9.17, 15) is 9.50 Å². The van der Waals surface area contributed by atoms with Crippen LogP contribution in [0.25, 0.3) is 0 Å². The van der Waals surface area contributed by atoms with Gasteiger partial charge in [-0.05, 0) is 84.5 Å². The van der Waals surface area contributed by atoms with Crippen molar-refractivity contribution in [3.8, 4) is 11.5 Å². The minimum absolute atomic E-state index is 0.223. The summed E-state index contributed by atoms with van der Waals surface area (Å²) in [5.41, 5.74) is 4.78. The molecule has 0 aromatic heterocycles. The van der Waals surface area contributed by atoms with Gasteiger partial charge in [0.05, 0.1) is 7.11 Å². The largest absolute Gasteiger partial charge is 0.508 e. The fraction of sp³-hybridized carbons (Fsp3) is 0.250. The molecule has 1 aliphatic rings. The number of methoxy groups -OCH3 is 1. The van der Waals surface area contributed by atoms with E-state index in [-0.39, 0.29) is 17.6 Å². The summed E-state index contributed by atoms with van der Waals surface area (Å²) in [6.45, 7) is 0.772. The van der Waals surface area contributed by atoms with Gasteiger partial charge in [0.1, 0.15) is 17.3 Å². The van der Waals surface area contributed by atoms with Crippen LogP contribution in [0, 0.1) is 5.82 Å². The van der Waals surface area contributed by atoms with Gasteiger partial charge in [-0.1, -0.05) is 18.2 Å². The van der Waals surface area contributed by atoms with Gasteiger partial charge in [-0.15, -0.1) is 0 Å². The Bertz CT molecular complexity index is 938. The molecule has 0 saturated carbocycles. The zero-order valence-corrected chi connectivity index (χ0v) is 15.9. The van der Waals surface area contributed by atoms with E-state index in [1.54, 1.807) is 19.2 Å². The smallest absolute Gasteiger partial charge is 0.123 e. The number of halogens is 1. The fourth-order valence-corrected chi connectivity index (χ4v) is 3.96. The van der Waals surface area contributed by atoms with Gasteiger partial charge < -0.3 is 14.7 Å². The molecule has 1 N–H and O–H groups in total. The van der Waals surface area contributed by atoms with Crippen LogP contribution in [-0.2, 0) is 19.4 Å². The lowest BCUT2D eigenvalue weighted by Gasteiger charge is -2.32. The molecule has 0 aliphatic carbocycles. The van der Waals surface area contributed by atoms with Gasteiger partial charge in [0.2, 0.25) is 0 Å². The topological polar surface area (TPSA) is 32.7 Å². The molecule has 1 atom stereocenters. The minimum atomic E-state index is -0.223. The van der Waals surface area contributed by atoms with Gasteiger partial charge in [0.15, 0.2) is 0 Å². The average Bonchev–Trinajstić information content (AvgIpc) is 2.89. The highest BCUT2D eigenvalue weighted by Gasteiger charge is 2.25. The molecule has 3 nitrogen and oxygen atoms in total. The zero-order chi connectivity index (χ0) is 19.5. The lowest BCUT2D eigenvalue weighted by Crippen LogP contribution is -2.35. The van der Waals surface area contributed by atoms with Crippen molar-refractivity contribution in [1.29, 1.82) is 0 Å². The third-order valence-corrected chi connectivity index (χ3v) is 5.51. The minimum Gasteiger partial charge on any atom is -0.508 e. The molecular weight excluding hydrogens is 353 g/mol. The highest BCUT2D eigenvalue weighted by Crippen LogP contribution is 2.31. The van der Waals surface area contributed by atoms with Crippen LogP contribution in [-0.4, -0.2) is 18.3 Å². The summed E-state index contributed by atoms with van der Waals surface area (Å²) in [7, 11) is 1.69. The number of anilines is 1. The standard InChI is InChI=1S/C24H24FNO2/c1-28-24-13-5-19-16-26(21-9-6-20(25)7-10-21)22(8-4-18(19)15-24)14-17-2-11-23(27)12-3-17/h2-3,5-7,9-13,15,22,27H,4,8,14,16H2,1H3. The normalized spacial score (nSPS) is 16.4. The van der Waals surface area contributed by atoms with Gasteiger partial charge in [0.25, 0.3) is 0 Å². The summed E-state index contributed by atoms with van der Waals surface area (Å²) in [6.07, 6.45) is 2.81. The predicted octanol–water partition coefficient (Wildman–Crippen LogP) is 5.10. The Morgan fingerprint density at radius 1 is 1.00 bits per heavy atom. The molecular formula is C24H24FNO2. The molecule has 3 aromatic carbocycles. The number of ether oxygens (including phenoxy) is 1. The molecule has 4 rings (SSSR count). The molecule has 28 heavy (non-hydrogen) atoms. The number of fused-ring (bicyclic) bond motifs is 1. The Hall–Kier alpha value is -3.01. The van der Waals surface area contributed by atoms with Crippen molar-refractivity contribution in [3.63, 3.8) is 0 Å². The Morgan fingerprint density at radius 3 is 2.46 bits per heavy atom. The van der Waals surface area contributed by atoms with Crippen molar-refractivity contribution >= 4 is 5.69 Å². The maximum Gasteiger partial charge on any atom is 0.123 e. The van der Waals surface area contributed by atoms with Crippen molar-refractivity contribution in [3.05, 3.63) is 89.2 Å². The lowest BCUT2D eigenvalue weighted by molar-refractivity contribution is 0.414. The maximum absolute atomic E-state index is 13.5. The Kier molecular flexibility index (Phi) is 5.20. The van der Waals surface area contributed by atoms with Gasteiger partial charge in [-0.3, -0.25) is 0 Å². The van der Waals surface area contributed by atoms with Crippen LogP contribution in [0.15, 0.2) is 66.7 Å². The molecule has 1 unspecified atom stereocenters. The van der Waals surface area contributed by atoms with E-state index in [1.807, 2.05) is 30.3 Å². The van der Waals surface area contributed by atoms with Gasteiger partial charge in [0, 0.05) is 18.3 Å². The maximum atomic E-state index is 13.5. The van der Waals surface area contributed by atoms with Crippen molar-refractivity contribution < 1.29 is 14.2 Å². The fourth-order valence-electron chi connectivity index (χ4n) is 3.96. The van der Waals surface area contributed by atoms with Crippen LogP contribution in [0.3, 0.4) is 0 Å². The second-order valence-corrected chi connectivity index (χ2v) is 7.30. The van der Waals surface area contributed by atoms with Crippen LogP contribution in [0.1, 0.15) is 23.1 Å². The van der Waals surface area contributed by atoms with Crippen LogP contribution in [0.4, 0.5) is 10.1 Å². The van der Waals surface area contributed by atoms with Gasteiger partial charge >= 0.3 is 0 Å². The zero-order valence-electron chi connectivity index (χ0n) is 15.9. The van der Waals surface area contributed by atoms with E-state index in [0.717, 1.165) is 37.2 Å². The molecule has 0 radical (unpaired) electrons. The molecule has 0 amide bonds. The molecule has 0 spiro atoms. The van der Waals surface area contributed by atoms with Crippen molar-refractivity contribution in [1.82, 2.24) is 0 Å². The Labute approximate surface area is 165 Å². The first-order valence-corrected chi connectivity index (χ1v) is 9.58. The summed E-state index contributed by atoms with van der Waals surface area (Å²) < 4.78 is 18.9. The highest BCUT2D eigenvalue weighted by molar-refractivity contribution is 5.51. The molecule has 0 fully saturated rings. The van der Waals surface area contributed by atoms with Crippen LogP contribution >= 0.6 is 0 Å². The van der Waals surface area contributed by atoms with Crippen LogP contribution < -0.4 is 9.64 Å². The van der Waals surface area contributed by atoms with Crippen molar-refractivity contribution in [2.75, 3.05) is 12.0 Å². The number of nitrogens with zero attached hydrogens (tertiary/aromatic N) is 1. The first kappa shape index (κ1) is 18.4. The first-order valence-electron chi connectivity index (χ1n) is 9.58. The quantitative estimate of drug-likeness (QED) is 0.686. The number of phenols is 1. The summed E-state index contributed by atoms with van der Waals surface area (Å²) in [4.78, 5) is 2.37. The van der Waals surface area contributed by atoms with Gasteiger partial charge in [-0.25, -0.2) is 4.39 Å². The Morgan fingerprint density at radius 2 is 1.75 bits per heavy atom. The number of hydrogen-bond donors (Lipinski definition) is 1. The molecule has 1 aliphatic heterocycles. The number of rotatable bonds is 4. The molecule has 0 saturated heterocycles. The van der Waals surface area contributed by atoms with E-state index in [0.29, 0.717) is 0 Å². The highest BCUT2D eigenvalue weighted by atomic mass is 19.1. The number of aromatic hydroxyl groups is 1. The van der Waals surface area contributed by atoms with E-state index in [2.05, 4.69) is 17.0 Å². The van der Waals surface area contributed by atoms with Crippen LogP contribution in [0.2, 0.25) is 0 Å². The second-order valence-electron chi connectivity index (χ2n) is 7.30. The van der Waals surface area contributed by atoms with E-state index < -0.39 is 0 Å². The summed E-state index contributed by atoms with van der Waals surface area (Å²) >= 11 is 0. The van der Waals surface area contributed by atoms with E-state index >= 15 is 0 Å². The number of hydrogen-bond acceptors (Lipinski definition) is 3. The average molecular weight is 377 g/mol. The Balaban J connectivity index is 1.68. The molecule has 144 valence electrons. The van der Waals surface area contributed by atoms with E-state index in [1.165, 1.54) is 28.8 Å². The molecule has 4 heteroatoms. The predicted molar refractivity (Wildman–Crippen MR) is 109 cm³/mol. The number of aryl methyl sites for hydroxylation is 1. The monoisotopic (exact) mass is 377 g/mol. The third kappa shape index (κ3) is 3.96. The number of phenolic OH excluding ortho intramolecular Hbond substituents is 1. The summed E-state index contributed by atoms with van der Waals surface area (Å²) in [5.74, 6) is 0.933. The summed E-state index contributed by atoms with van der Waals surface area (Å²) in [6, 6.07) is 20.7. The SMILES string of the molecule is COc1ccc2c(c1)CCC(Cc1ccc(O)cc1)N(c1ccc(F)cc1)C2. The second kappa shape index (κ2) is 7.93. The lowest BCUT2D eigenvalue weighted by atomic mass is 9.98. The van der Waals surface area contributed by atoms with Crippen LogP contribution in [0.5, 0.6) is 11.5 Å². The van der Waals surface area contributed by atoms with Gasteiger partial charge in [-0.2, -0.15) is 0 Å². The summed E-state index contributed by atoms with van der Waals surface area (Å²) in [5, 5.41) is 9.57. The molecule has 0 bridgehead atoms. The van der Waals surface area contributed by atoms with Crippen molar-refractivity contribution in [2.24, 2.45) is 0 Å². The third-order valence-electron chi connectivity index (χ3n) is 5.51. The first-order chi connectivity index (χ1) is 13.6. The van der Waals surface area contributed by atoms with E-state index in [4.69, 9.17) is 4.74 Å². The van der Waals surface area contributed by atoms with Crippen molar-refractivity contribution in [2.45, 2.75) is 31.8 Å². The molecule has 3 aromatic rings. The molecule has 1 heterocycles.